The maximum atomic E-state index is 11.8. The van der Waals surface area contributed by atoms with Crippen LogP contribution in [0.15, 0.2) is 35.1 Å². The van der Waals surface area contributed by atoms with Crippen molar-refractivity contribution in [1.82, 2.24) is 14.8 Å². The van der Waals surface area contributed by atoms with Gasteiger partial charge in [-0.15, -0.1) is 17.5 Å². The summed E-state index contributed by atoms with van der Waals surface area (Å²) in [4.78, 5) is 15.9. The number of anilines is 1. The zero-order valence-electron chi connectivity index (χ0n) is 12.6. The second-order valence-corrected chi connectivity index (χ2v) is 5.66. The third-order valence-electron chi connectivity index (χ3n) is 3.03. The average molecular weight is 405 g/mol. The fourth-order valence-corrected chi connectivity index (χ4v) is 2.34. The number of carbonyl (C=O) groups is 1. The van der Waals surface area contributed by atoms with Crippen molar-refractivity contribution in [2.24, 2.45) is 5.73 Å². The lowest BCUT2D eigenvalue weighted by Gasteiger charge is -2.11. The molecule has 1 amide bonds. The summed E-state index contributed by atoms with van der Waals surface area (Å²) in [5.74, 6) is 0.0457. The van der Waals surface area contributed by atoms with Gasteiger partial charge in [-0.25, -0.2) is 9.67 Å². The van der Waals surface area contributed by atoms with Crippen molar-refractivity contribution in [3.05, 3.63) is 40.6 Å². The molecule has 2 rings (SSSR count). The minimum Gasteiger partial charge on any atom is -0.380 e. The standard InChI is InChI=1S/C14H18BrN5O2.ClH/c1-22-12(7-16)6-13(21)18-14-17-9-20(19-14)8-10-3-2-4-11(15)5-10;/h2-5,9,12H,6-8,16H2,1H3,(H,18,19,21);1H. The van der Waals surface area contributed by atoms with Crippen LogP contribution in [-0.4, -0.2) is 40.4 Å². The third kappa shape index (κ3) is 6.26. The maximum Gasteiger partial charge on any atom is 0.248 e. The molecule has 0 aliphatic rings. The Hall–Kier alpha value is -1.48. The zero-order valence-corrected chi connectivity index (χ0v) is 15.0. The van der Waals surface area contributed by atoms with Crippen LogP contribution in [0.4, 0.5) is 5.95 Å². The van der Waals surface area contributed by atoms with E-state index in [9.17, 15) is 4.79 Å². The van der Waals surface area contributed by atoms with Crippen molar-refractivity contribution in [2.75, 3.05) is 19.0 Å². The topological polar surface area (TPSA) is 95.1 Å². The molecule has 1 unspecified atom stereocenters. The predicted octanol–water partition coefficient (Wildman–Crippen LogP) is 1.81. The number of aromatic nitrogens is 3. The lowest BCUT2D eigenvalue weighted by molar-refractivity contribution is -0.118. The first-order valence-electron chi connectivity index (χ1n) is 6.77. The van der Waals surface area contributed by atoms with Gasteiger partial charge >= 0.3 is 0 Å². The van der Waals surface area contributed by atoms with E-state index in [-0.39, 0.29) is 43.3 Å². The highest BCUT2D eigenvalue weighted by Gasteiger charge is 2.13. The van der Waals surface area contributed by atoms with Gasteiger partial charge in [0.15, 0.2) is 0 Å². The van der Waals surface area contributed by atoms with Gasteiger partial charge in [0.1, 0.15) is 6.33 Å². The van der Waals surface area contributed by atoms with E-state index in [2.05, 4.69) is 31.3 Å². The predicted molar refractivity (Wildman–Crippen MR) is 93.6 cm³/mol. The molecule has 2 aromatic rings. The summed E-state index contributed by atoms with van der Waals surface area (Å²) in [6.07, 6.45) is 1.45. The summed E-state index contributed by atoms with van der Waals surface area (Å²) >= 11 is 3.43. The monoisotopic (exact) mass is 403 g/mol. The van der Waals surface area contributed by atoms with Crippen LogP contribution < -0.4 is 11.1 Å². The van der Waals surface area contributed by atoms with Crippen LogP contribution in [0.1, 0.15) is 12.0 Å². The summed E-state index contributed by atoms with van der Waals surface area (Å²) in [6.45, 7) is 0.862. The molecule has 0 fully saturated rings. The van der Waals surface area contributed by atoms with Crippen molar-refractivity contribution >= 4 is 40.2 Å². The lowest BCUT2D eigenvalue weighted by atomic mass is 10.2. The van der Waals surface area contributed by atoms with Gasteiger partial charge in [-0.2, -0.15) is 0 Å². The van der Waals surface area contributed by atoms with Crippen LogP contribution in [0.2, 0.25) is 0 Å². The van der Waals surface area contributed by atoms with E-state index in [1.807, 2.05) is 24.3 Å². The van der Waals surface area contributed by atoms with Crippen LogP contribution in [0, 0.1) is 0 Å². The molecule has 0 saturated heterocycles. The van der Waals surface area contributed by atoms with E-state index in [1.54, 1.807) is 11.0 Å². The number of amides is 1. The second-order valence-electron chi connectivity index (χ2n) is 4.74. The van der Waals surface area contributed by atoms with Gasteiger partial charge < -0.3 is 10.5 Å². The molecule has 0 radical (unpaired) electrons. The first-order valence-corrected chi connectivity index (χ1v) is 7.56. The van der Waals surface area contributed by atoms with Crippen molar-refractivity contribution in [3.63, 3.8) is 0 Å². The number of rotatable bonds is 7. The zero-order chi connectivity index (χ0) is 15.9. The van der Waals surface area contributed by atoms with Crippen LogP contribution in [0.25, 0.3) is 0 Å². The summed E-state index contributed by atoms with van der Waals surface area (Å²) in [6, 6.07) is 7.91. The number of nitrogens with one attached hydrogen (secondary N) is 1. The molecule has 1 aromatic heterocycles. The van der Waals surface area contributed by atoms with Gasteiger partial charge in [-0.1, -0.05) is 28.1 Å². The Morgan fingerprint density at radius 3 is 2.96 bits per heavy atom. The fourth-order valence-electron chi connectivity index (χ4n) is 1.90. The van der Waals surface area contributed by atoms with Crippen LogP contribution in [-0.2, 0) is 16.1 Å². The molecule has 9 heteroatoms. The minimum absolute atomic E-state index is 0. The summed E-state index contributed by atoms with van der Waals surface area (Å²) in [5, 5.41) is 6.85. The van der Waals surface area contributed by atoms with Crippen molar-refractivity contribution in [3.8, 4) is 0 Å². The largest absolute Gasteiger partial charge is 0.380 e. The molecule has 126 valence electrons. The molecule has 1 atom stereocenters. The number of nitrogens with two attached hydrogens (primary N) is 1. The molecule has 23 heavy (non-hydrogen) atoms. The Morgan fingerprint density at radius 1 is 1.52 bits per heavy atom. The van der Waals surface area contributed by atoms with Gasteiger partial charge in [-0.05, 0) is 17.7 Å². The fraction of sp³-hybridized carbons (Fsp3) is 0.357. The highest BCUT2D eigenvalue weighted by atomic mass is 79.9. The van der Waals surface area contributed by atoms with Gasteiger partial charge in [0.05, 0.1) is 19.1 Å². The number of ether oxygens (including phenoxy) is 1. The van der Waals surface area contributed by atoms with Gasteiger partial charge in [0, 0.05) is 18.1 Å². The number of nitrogens with zero attached hydrogens (tertiary/aromatic N) is 3. The SMILES string of the molecule is COC(CN)CC(=O)Nc1ncn(Cc2cccc(Br)c2)n1.Cl. The molecule has 0 aliphatic carbocycles. The van der Waals surface area contributed by atoms with Crippen molar-refractivity contribution in [2.45, 2.75) is 19.1 Å². The lowest BCUT2D eigenvalue weighted by Crippen LogP contribution is -2.28. The third-order valence-corrected chi connectivity index (χ3v) is 3.52. The molecule has 1 aromatic carbocycles. The number of halogens is 2. The Kier molecular flexibility index (Phi) is 8.18. The maximum absolute atomic E-state index is 11.8. The van der Waals surface area contributed by atoms with E-state index >= 15 is 0 Å². The number of benzene rings is 1. The Morgan fingerprint density at radius 2 is 2.30 bits per heavy atom. The Bertz CT molecular complexity index is 633. The van der Waals surface area contributed by atoms with Gasteiger partial charge in [0.25, 0.3) is 0 Å². The Labute approximate surface area is 149 Å². The molecule has 0 spiro atoms. The summed E-state index contributed by atoms with van der Waals surface area (Å²) in [7, 11) is 1.52. The summed E-state index contributed by atoms with van der Waals surface area (Å²) in [5.41, 5.74) is 6.57. The molecule has 0 aliphatic heterocycles. The van der Waals surface area contributed by atoms with Gasteiger partial charge in [-0.3, -0.25) is 10.1 Å². The number of carbonyl (C=O) groups excluding carboxylic acids is 1. The van der Waals surface area contributed by atoms with E-state index in [4.69, 9.17) is 10.5 Å². The number of methoxy groups -OCH3 is 1. The number of hydrogen-bond acceptors (Lipinski definition) is 5. The highest BCUT2D eigenvalue weighted by Crippen LogP contribution is 2.12. The highest BCUT2D eigenvalue weighted by molar-refractivity contribution is 9.10. The van der Waals surface area contributed by atoms with Crippen LogP contribution in [0.5, 0.6) is 0 Å². The van der Waals surface area contributed by atoms with Crippen molar-refractivity contribution in [1.29, 1.82) is 0 Å². The minimum atomic E-state index is -0.302. The van der Waals surface area contributed by atoms with Crippen LogP contribution >= 0.6 is 28.3 Å². The molecular formula is C14H19BrClN5O2. The summed E-state index contributed by atoms with van der Waals surface area (Å²) < 4.78 is 7.73. The first kappa shape index (κ1) is 19.6. The smallest absolute Gasteiger partial charge is 0.248 e. The van der Waals surface area contributed by atoms with E-state index in [1.165, 1.54) is 7.11 Å². The molecule has 7 nitrogen and oxygen atoms in total. The average Bonchev–Trinajstić information content (AvgIpc) is 2.91. The molecule has 0 bridgehead atoms. The molecule has 0 saturated carbocycles. The molecule has 1 heterocycles. The van der Waals surface area contributed by atoms with E-state index < -0.39 is 0 Å². The Balaban J connectivity index is 0.00000264. The quantitative estimate of drug-likeness (QED) is 0.734. The van der Waals surface area contributed by atoms with E-state index in [0.717, 1.165) is 10.0 Å². The first-order chi connectivity index (χ1) is 10.6. The number of hydrogen-bond donors (Lipinski definition) is 2. The van der Waals surface area contributed by atoms with E-state index in [0.29, 0.717) is 6.54 Å². The molecular weight excluding hydrogens is 386 g/mol. The van der Waals surface area contributed by atoms with Crippen molar-refractivity contribution < 1.29 is 9.53 Å². The molecule has 3 N–H and O–H groups in total. The normalized spacial score (nSPS) is 11.6. The second kappa shape index (κ2) is 9.61. The van der Waals surface area contributed by atoms with Gasteiger partial charge in [0.2, 0.25) is 11.9 Å². The van der Waals surface area contributed by atoms with Crippen LogP contribution in [0.3, 0.4) is 0 Å².